The Morgan fingerprint density at radius 3 is 2.51 bits per heavy atom. The van der Waals surface area contributed by atoms with E-state index in [0.717, 1.165) is 5.56 Å². The number of amides is 1. The lowest BCUT2D eigenvalue weighted by atomic mass is 9.94. The van der Waals surface area contributed by atoms with Crippen molar-refractivity contribution in [2.24, 2.45) is 0 Å². The molecule has 1 aliphatic heterocycles. The van der Waals surface area contributed by atoms with Crippen molar-refractivity contribution in [2.45, 2.75) is 19.9 Å². The van der Waals surface area contributed by atoms with E-state index in [9.17, 15) is 14.7 Å². The number of hydrogen-bond donors (Lipinski definition) is 1. The van der Waals surface area contributed by atoms with Crippen LogP contribution in [0.4, 0.5) is 5.69 Å². The Balaban J connectivity index is 1.63. The molecule has 0 saturated heterocycles. The van der Waals surface area contributed by atoms with Crippen LogP contribution in [0, 0.1) is 6.92 Å². The molecule has 1 atom stereocenters. The van der Waals surface area contributed by atoms with Crippen LogP contribution in [-0.4, -0.2) is 28.4 Å². The molecule has 4 aromatic rings. The standard InChI is InChI=1S/C29H23ClN2O4S/c1-3-36-22-11-7-10-19(16-22)24-23(26(34)29(35)32(24)21-14-12-20(30)13-15-21)25(33)27-17(2)31-28(37-27)18-8-5-4-6-9-18/h4-16,24,34H,3H2,1-2H3. The van der Waals surface area contributed by atoms with Crippen LogP contribution in [0.5, 0.6) is 5.75 Å². The van der Waals surface area contributed by atoms with E-state index in [2.05, 4.69) is 4.98 Å². The van der Waals surface area contributed by atoms with Crippen LogP contribution in [-0.2, 0) is 4.79 Å². The molecule has 1 amide bonds. The van der Waals surface area contributed by atoms with Crippen LogP contribution >= 0.6 is 22.9 Å². The van der Waals surface area contributed by atoms with Gasteiger partial charge in [0.25, 0.3) is 5.91 Å². The van der Waals surface area contributed by atoms with E-state index >= 15 is 0 Å². The quantitative estimate of drug-likeness (QED) is 0.261. The predicted molar refractivity (Wildman–Crippen MR) is 146 cm³/mol. The largest absolute Gasteiger partial charge is 0.503 e. The van der Waals surface area contributed by atoms with Gasteiger partial charge in [-0.3, -0.25) is 14.5 Å². The van der Waals surface area contributed by atoms with E-state index in [4.69, 9.17) is 16.3 Å². The number of aromatic nitrogens is 1. The Bertz CT molecular complexity index is 1510. The molecule has 0 spiro atoms. The van der Waals surface area contributed by atoms with E-state index in [1.807, 2.05) is 43.3 Å². The zero-order chi connectivity index (χ0) is 26.1. The first-order valence-corrected chi connectivity index (χ1v) is 12.9. The van der Waals surface area contributed by atoms with Crippen LogP contribution in [0.1, 0.15) is 33.9 Å². The van der Waals surface area contributed by atoms with Crippen LogP contribution in [0.25, 0.3) is 10.6 Å². The molecular formula is C29H23ClN2O4S. The van der Waals surface area contributed by atoms with E-state index < -0.39 is 23.5 Å². The number of nitrogens with zero attached hydrogens (tertiary/aromatic N) is 2. The molecule has 0 fully saturated rings. The molecule has 0 radical (unpaired) electrons. The summed E-state index contributed by atoms with van der Waals surface area (Å²) in [6.07, 6.45) is 0. The van der Waals surface area contributed by atoms with Gasteiger partial charge < -0.3 is 9.84 Å². The van der Waals surface area contributed by atoms with Gasteiger partial charge in [0.1, 0.15) is 10.8 Å². The zero-order valence-corrected chi connectivity index (χ0v) is 21.7. The second-order valence-electron chi connectivity index (χ2n) is 8.45. The van der Waals surface area contributed by atoms with Crippen molar-refractivity contribution in [2.75, 3.05) is 11.5 Å². The van der Waals surface area contributed by atoms with Crippen LogP contribution in [0.2, 0.25) is 5.02 Å². The summed E-state index contributed by atoms with van der Waals surface area (Å²) in [6, 6.07) is 22.6. The smallest absolute Gasteiger partial charge is 0.294 e. The van der Waals surface area contributed by atoms with E-state index in [0.29, 0.717) is 44.2 Å². The van der Waals surface area contributed by atoms with Gasteiger partial charge in [0.15, 0.2) is 5.76 Å². The summed E-state index contributed by atoms with van der Waals surface area (Å²) in [5, 5.41) is 12.3. The molecule has 186 valence electrons. The summed E-state index contributed by atoms with van der Waals surface area (Å²) in [5.74, 6) is -1.09. The topological polar surface area (TPSA) is 79.7 Å². The molecular weight excluding hydrogens is 508 g/mol. The molecule has 1 aromatic heterocycles. The highest BCUT2D eigenvalue weighted by atomic mass is 35.5. The van der Waals surface area contributed by atoms with Crippen molar-refractivity contribution < 1.29 is 19.4 Å². The van der Waals surface area contributed by atoms with Gasteiger partial charge >= 0.3 is 0 Å². The molecule has 8 heteroatoms. The number of carbonyl (C=O) groups excluding carboxylic acids is 2. The first-order valence-electron chi connectivity index (χ1n) is 11.7. The third kappa shape index (κ3) is 4.63. The average Bonchev–Trinajstić information content (AvgIpc) is 3.42. The van der Waals surface area contributed by atoms with Gasteiger partial charge in [0.05, 0.1) is 28.8 Å². The maximum atomic E-state index is 14.0. The van der Waals surface area contributed by atoms with Crippen molar-refractivity contribution in [1.82, 2.24) is 4.98 Å². The van der Waals surface area contributed by atoms with Gasteiger partial charge in [-0.2, -0.15) is 0 Å². The van der Waals surface area contributed by atoms with Crippen molar-refractivity contribution in [3.63, 3.8) is 0 Å². The maximum absolute atomic E-state index is 14.0. The van der Waals surface area contributed by atoms with Crippen LogP contribution in [0.15, 0.2) is 90.2 Å². The average molecular weight is 531 g/mol. The number of Topliss-reactive ketones (excluding diaryl/α,β-unsaturated/α-hetero) is 1. The summed E-state index contributed by atoms with van der Waals surface area (Å²) in [4.78, 5) is 33.8. The molecule has 5 rings (SSSR count). The summed E-state index contributed by atoms with van der Waals surface area (Å²) >= 11 is 7.32. The molecule has 37 heavy (non-hydrogen) atoms. The van der Waals surface area contributed by atoms with Crippen molar-refractivity contribution >= 4 is 40.3 Å². The zero-order valence-electron chi connectivity index (χ0n) is 20.1. The molecule has 6 nitrogen and oxygen atoms in total. The van der Waals surface area contributed by atoms with Gasteiger partial charge in [0, 0.05) is 16.3 Å². The fourth-order valence-corrected chi connectivity index (χ4v) is 5.55. The first kappa shape index (κ1) is 24.7. The summed E-state index contributed by atoms with van der Waals surface area (Å²) in [7, 11) is 0. The Morgan fingerprint density at radius 2 is 1.81 bits per heavy atom. The van der Waals surface area contributed by atoms with Crippen molar-refractivity contribution in [3.05, 3.63) is 111 Å². The van der Waals surface area contributed by atoms with Gasteiger partial charge in [-0.15, -0.1) is 11.3 Å². The Kier molecular flexibility index (Phi) is 6.82. The number of benzene rings is 3. The molecule has 1 N–H and O–H groups in total. The number of ether oxygens (including phenoxy) is 1. The second kappa shape index (κ2) is 10.2. The monoisotopic (exact) mass is 530 g/mol. The van der Waals surface area contributed by atoms with E-state index in [-0.39, 0.29) is 5.57 Å². The highest BCUT2D eigenvalue weighted by molar-refractivity contribution is 7.17. The van der Waals surface area contributed by atoms with Gasteiger partial charge in [0.2, 0.25) is 5.78 Å². The second-order valence-corrected chi connectivity index (χ2v) is 9.89. The molecule has 1 aliphatic rings. The van der Waals surface area contributed by atoms with Gasteiger partial charge in [-0.25, -0.2) is 4.98 Å². The van der Waals surface area contributed by atoms with Crippen molar-refractivity contribution in [3.8, 4) is 16.3 Å². The highest BCUT2D eigenvalue weighted by Crippen LogP contribution is 2.44. The fourth-order valence-electron chi connectivity index (χ4n) is 4.40. The highest BCUT2D eigenvalue weighted by Gasteiger charge is 2.45. The SMILES string of the molecule is CCOc1cccc(C2C(C(=O)c3sc(-c4ccccc4)nc3C)=C(O)C(=O)N2c2ccc(Cl)cc2)c1. The fraction of sp³-hybridized carbons (Fsp3) is 0.138. The number of hydrogen-bond acceptors (Lipinski definition) is 6. The van der Waals surface area contributed by atoms with Gasteiger partial charge in [-0.05, 0) is 55.8 Å². The molecule has 0 bridgehead atoms. The lowest BCUT2D eigenvalue weighted by Gasteiger charge is -2.27. The summed E-state index contributed by atoms with van der Waals surface area (Å²) in [6.45, 7) is 4.10. The number of halogens is 1. The first-order chi connectivity index (χ1) is 17.9. The van der Waals surface area contributed by atoms with Gasteiger partial charge in [-0.1, -0.05) is 54.1 Å². The number of thiazole rings is 1. The minimum absolute atomic E-state index is 0.0000369. The lowest BCUT2D eigenvalue weighted by molar-refractivity contribution is -0.117. The van der Waals surface area contributed by atoms with Crippen LogP contribution in [0.3, 0.4) is 0 Å². The number of ketones is 1. The lowest BCUT2D eigenvalue weighted by Crippen LogP contribution is -2.31. The summed E-state index contributed by atoms with van der Waals surface area (Å²) < 4.78 is 5.68. The van der Waals surface area contributed by atoms with Crippen molar-refractivity contribution in [1.29, 1.82) is 0 Å². The Hall–Kier alpha value is -3.94. The molecule has 2 heterocycles. The number of aliphatic hydroxyl groups excluding tert-OH is 1. The third-order valence-corrected chi connectivity index (χ3v) is 7.52. The Morgan fingerprint density at radius 1 is 1.08 bits per heavy atom. The molecule has 1 unspecified atom stereocenters. The third-order valence-electron chi connectivity index (χ3n) is 6.07. The molecule has 0 aliphatic carbocycles. The van der Waals surface area contributed by atoms with E-state index in [1.165, 1.54) is 16.2 Å². The van der Waals surface area contributed by atoms with Crippen LogP contribution < -0.4 is 9.64 Å². The summed E-state index contributed by atoms with van der Waals surface area (Å²) in [5.41, 5.74) is 2.56. The molecule has 0 saturated carbocycles. The Labute approximate surface area is 223 Å². The maximum Gasteiger partial charge on any atom is 0.294 e. The number of rotatable bonds is 7. The number of anilines is 1. The number of aryl methyl sites for hydroxylation is 1. The minimum atomic E-state index is -0.872. The normalized spacial score (nSPS) is 15.4. The number of aliphatic hydroxyl groups is 1. The number of carbonyl (C=O) groups is 2. The van der Waals surface area contributed by atoms with E-state index in [1.54, 1.807) is 49.4 Å². The molecule has 3 aromatic carbocycles. The predicted octanol–water partition coefficient (Wildman–Crippen LogP) is 6.95. The minimum Gasteiger partial charge on any atom is -0.503 e.